The number of hydrogen-bond acceptors (Lipinski definition) is 4. The number of allylic oxidation sites excluding steroid dienone is 1. The zero-order valence-electron chi connectivity index (χ0n) is 9.31. The van der Waals surface area contributed by atoms with Crippen LogP contribution < -0.4 is 11.5 Å². The predicted octanol–water partition coefficient (Wildman–Crippen LogP) is 1.67. The Labute approximate surface area is 95.4 Å². The molecule has 0 fully saturated rings. The van der Waals surface area contributed by atoms with Crippen LogP contribution in [0.4, 0.5) is 5.69 Å². The van der Waals surface area contributed by atoms with Crippen LogP contribution in [0, 0.1) is 5.41 Å². The Hall–Kier alpha value is -1.81. The second kappa shape index (κ2) is 5.92. The van der Waals surface area contributed by atoms with Crippen molar-refractivity contribution in [2.45, 2.75) is 19.4 Å². The van der Waals surface area contributed by atoms with Gasteiger partial charge in [0.2, 0.25) is 5.90 Å². The van der Waals surface area contributed by atoms with Crippen LogP contribution in [0.5, 0.6) is 0 Å². The molecule has 0 bridgehead atoms. The molecule has 4 nitrogen and oxygen atoms in total. The summed E-state index contributed by atoms with van der Waals surface area (Å²) in [6, 6.07) is 7.01. The highest BCUT2D eigenvalue weighted by Crippen LogP contribution is 2.07. The smallest absolute Gasteiger partial charge is 0.203 e. The third kappa shape index (κ3) is 3.74. The van der Waals surface area contributed by atoms with Gasteiger partial charge in [0.05, 0.1) is 12.3 Å². The van der Waals surface area contributed by atoms with E-state index in [1.54, 1.807) is 6.08 Å². The number of anilines is 1. The highest BCUT2D eigenvalue weighted by atomic mass is 16.5. The van der Waals surface area contributed by atoms with Gasteiger partial charge in [-0.2, -0.15) is 0 Å². The van der Waals surface area contributed by atoms with E-state index in [-0.39, 0.29) is 5.90 Å². The van der Waals surface area contributed by atoms with Gasteiger partial charge in [-0.15, -0.1) is 0 Å². The van der Waals surface area contributed by atoms with Crippen LogP contribution in [0.3, 0.4) is 0 Å². The second-order valence-electron chi connectivity index (χ2n) is 3.50. The molecular formula is C12H17N3O. The molecule has 1 aromatic rings. The van der Waals surface area contributed by atoms with Crippen molar-refractivity contribution in [2.24, 2.45) is 5.73 Å². The van der Waals surface area contributed by atoms with Crippen molar-refractivity contribution >= 4 is 11.6 Å². The van der Waals surface area contributed by atoms with Gasteiger partial charge in [0, 0.05) is 5.69 Å². The first-order chi connectivity index (χ1) is 7.63. The van der Waals surface area contributed by atoms with Crippen molar-refractivity contribution in [1.82, 2.24) is 0 Å². The fourth-order valence-electron chi connectivity index (χ4n) is 1.23. The van der Waals surface area contributed by atoms with E-state index >= 15 is 0 Å². The van der Waals surface area contributed by atoms with E-state index in [1.807, 2.05) is 31.2 Å². The normalized spacial score (nSPS) is 12.6. The molecule has 0 spiro atoms. The van der Waals surface area contributed by atoms with Crippen LogP contribution in [-0.2, 0) is 11.2 Å². The zero-order chi connectivity index (χ0) is 12.0. The SMILES string of the molecule is C/C=C/OC(=N)[C@@H](N)Cc1ccc(N)cc1. The Balaban J connectivity index is 2.53. The average Bonchev–Trinajstić information content (AvgIpc) is 2.29. The Morgan fingerprint density at radius 1 is 1.44 bits per heavy atom. The quantitative estimate of drug-likeness (QED) is 0.311. The minimum atomic E-state index is -0.431. The molecular weight excluding hydrogens is 202 g/mol. The van der Waals surface area contributed by atoms with Crippen molar-refractivity contribution < 1.29 is 4.74 Å². The molecule has 0 radical (unpaired) electrons. The Morgan fingerprint density at radius 3 is 2.62 bits per heavy atom. The maximum atomic E-state index is 7.57. The number of hydrogen-bond donors (Lipinski definition) is 3. The van der Waals surface area contributed by atoms with E-state index in [0.29, 0.717) is 6.42 Å². The lowest BCUT2D eigenvalue weighted by molar-refractivity contribution is 0.437. The van der Waals surface area contributed by atoms with E-state index in [1.165, 1.54) is 6.26 Å². The molecule has 0 saturated carbocycles. The summed E-state index contributed by atoms with van der Waals surface area (Å²) >= 11 is 0. The first-order valence-electron chi connectivity index (χ1n) is 5.09. The molecule has 0 aliphatic heterocycles. The largest absolute Gasteiger partial charge is 0.450 e. The van der Waals surface area contributed by atoms with Crippen molar-refractivity contribution in [1.29, 1.82) is 5.41 Å². The van der Waals surface area contributed by atoms with Gasteiger partial charge >= 0.3 is 0 Å². The monoisotopic (exact) mass is 219 g/mol. The molecule has 1 aromatic carbocycles. The minimum absolute atomic E-state index is 0.0647. The van der Waals surface area contributed by atoms with Crippen LogP contribution in [0.2, 0.25) is 0 Å². The van der Waals surface area contributed by atoms with Gasteiger partial charge in [0.15, 0.2) is 0 Å². The van der Waals surface area contributed by atoms with Gasteiger partial charge in [0.25, 0.3) is 0 Å². The zero-order valence-corrected chi connectivity index (χ0v) is 9.31. The maximum absolute atomic E-state index is 7.57. The van der Waals surface area contributed by atoms with E-state index in [9.17, 15) is 0 Å². The fourth-order valence-corrected chi connectivity index (χ4v) is 1.23. The molecule has 1 rings (SSSR count). The summed E-state index contributed by atoms with van der Waals surface area (Å²) in [6.07, 6.45) is 3.73. The van der Waals surface area contributed by atoms with Gasteiger partial charge in [-0.25, -0.2) is 0 Å². The molecule has 0 aliphatic carbocycles. The Morgan fingerprint density at radius 2 is 2.06 bits per heavy atom. The van der Waals surface area contributed by atoms with E-state index in [4.69, 9.17) is 21.6 Å². The van der Waals surface area contributed by atoms with Crippen LogP contribution in [0.15, 0.2) is 36.6 Å². The van der Waals surface area contributed by atoms with Gasteiger partial charge in [0.1, 0.15) is 0 Å². The fraction of sp³-hybridized carbons (Fsp3) is 0.250. The summed E-state index contributed by atoms with van der Waals surface area (Å²) in [4.78, 5) is 0. The van der Waals surface area contributed by atoms with E-state index in [2.05, 4.69) is 0 Å². The summed E-state index contributed by atoms with van der Waals surface area (Å²) < 4.78 is 5.00. The van der Waals surface area contributed by atoms with Crippen LogP contribution in [-0.4, -0.2) is 11.9 Å². The number of ether oxygens (including phenoxy) is 1. The highest BCUT2D eigenvalue weighted by Gasteiger charge is 2.10. The first kappa shape index (κ1) is 12.3. The molecule has 16 heavy (non-hydrogen) atoms. The molecule has 0 heterocycles. The number of rotatable bonds is 4. The first-order valence-corrected chi connectivity index (χ1v) is 5.09. The van der Waals surface area contributed by atoms with Crippen molar-refractivity contribution in [3.63, 3.8) is 0 Å². The van der Waals surface area contributed by atoms with E-state index < -0.39 is 6.04 Å². The lowest BCUT2D eigenvalue weighted by Crippen LogP contribution is -2.32. The van der Waals surface area contributed by atoms with Crippen molar-refractivity contribution in [2.75, 3.05) is 5.73 Å². The van der Waals surface area contributed by atoms with Gasteiger partial charge in [-0.3, -0.25) is 5.41 Å². The van der Waals surface area contributed by atoms with Gasteiger partial charge in [-0.1, -0.05) is 18.2 Å². The Bertz CT molecular complexity index is 370. The molecule has 0 amide bonds. The number of nitrogens with two attached hydrogens (primary N) is 2. The number of nitrogen functional groups attached to an aromatic ring is 1. The summed E-state index contributed by atoms with van der Waals surface area (Å²) in [6.45, 7) is 1.82. The number of benzene rings is 1. The molecule has 5 N–H and O–H groups in total. The molecule has 4 heteroatoms. The van der Waals surface area contributed by atoms with E-state index in [0.717, 1.165) is 11.3 Å². The topological polar surface area (TPSA) is 85.1 Å². The van der Waals surface area contributed by atoms with Gasteiger partial charge in [-0.05, 0) is 31.0 Å². The van der Waals surface area contributed by atoms with Crippen LogP contribution in [0.1, 0.15) is 12.5 Å². The lowest BCUT2D eigenvalue weighted by atomic mass is 10.1. The molecule has 86 valence electrons. The van der Waals surface area contributed by atoms with Crippen LogP contribution in [0.25, 0.3) is 0 Å². The molecule has 1 atom stereocenters. The van der Waals surface area contributed by atoms with Crippen molar-refractivity contribution in [3.05, 3.63) is 42.2 Å². The predicted molar refractivity (Wildman–Crippen MR) is 66.2 cm³/mol. The summed E-state index contributed by atoms with van der Waals surface area (Å²) in [7, 11) is 0. The Kier molecular flexibility index (Phi) is 4.54. The average molecular weight is 219 g/mol. The highest BCUT2D eigenvalue weighted by molar-refractivity contribution is 5.79. The third-order valence-electron chi connectivity index (χ3n) is 2.10. The summed E-state index contributed by atoms with van der Waals surface area (Å²) in [5.74, 6) is 0.0647. The third-order valence-corrected chi connectivity index (χ3v) is 2.10. The lowest BCUT2D eigenvalue weighted by Gasteiger charge is -2.11. The molecule has 0 aromatic heterocycles. The van der Waals surface area contributed by atoms with Crippen molar-refractivity contribution in [3.8, 4) is 0 Å². The molecule has 0 saturated heterocycles. The van der Waals surface area contributed by atoms with Crippen LogP contribution >= 0.6 is 0 Å². The minimum Gasteiger partial charge on any atom is -0.450 e. The second-order valence-corrected chi connectivity index (χ2v) is 3.50. The molecule has 0 aliphatic rings. The standard InChI is InChI=1S/C12H17N3O/c1-2-7-16-12(15)11(14)8-9-3-5-10(13)6-4-9/h2-7,11,15H,8,13-14H2,1H3/b7-2+,15-12?/t11-/m0/s1. The maximum Gasteiger partial charge on any atom is 0.203 e. The summed E-state index contributed by atoms with van der Waals surface area (Å²) in [5.41, 5.74) is 13.1. The van der Waals surface area contributed by atoms with Gasteiger partial charge < -0.3 is 16.2 Å². The molecule has 0 unspecified atom stereocenters. The number of nitrogens with one attached hydrogen (secondary N) is 1. The summed E-state index contributed by atoms with van der Waals surface area (Å²) in [5, 5.41) is 7.57.